The molecule has 7 heteroatoms. The molecule has 2 aromatic rings. The van der Waals surface area contributed by atoms with Crippen molar-refractivity contribution in [2.75, 3.05) is 12.4 Å². The number of aryl methyl sites for hydroxylation is 2. The molecule has 0 aliphatic heterocycles. The minimum absolute atomic E-state index is 0.156. The first-order valence-electron chi connectivity index (χ1n) is 8.57. The molecule has 0 bridgehead atoms. The van der Waals surface area contributed by atoms with Crippen LogP contribution < -0.4 is 5.32 Å². The van der Waals surface area contributed by atoms with Gasteiger partial charge in [0.1, 0.15) is 11.6 Å². The second kappa shape index (κ2) is 7.99. The Hall–Kier alpha value is -2.31. The second-order valence-corrected chi connectivity index (χ2v) is 6.01. The average Bonchev–Trinajstić information content (AvgIpc) is 3.16. The number of rotatable bonds is 7. The van der Waals surface area contributed by atoms with Crippen molar-refractivity contribution in [1.29, 1.82) is 0 Å². The summed E-state index contributed by atoms with van der Waals surface area (Å²) in [6, 6.07) is 0.134. The molecule has 2 heterocycles. The fraction of sp³-hybridized carbons (Fsp3) is 0.588. The van der Waals surface area contributed by atoms with E-state index in [1.807, 2.05) is 22.4 Å². The molecule has 0 unspecified atom stereocenters. The minimum Gasteiger partial charge on any atom is -0.334 e. The Morgan fingerprint density at radius 2 is 2.04 bits per heavy atom. The number of urea groups is 1. The van der Waals surface area contributed by atoms with Crippen LogP contribution in [0.4, 0.5) is 10.6 Å². The van der Waals surface area contributed by atoms with E-state index in [-0.39, 0.29) is 6.03 Å². The molecule has 2 aromatic heterocycles. The first-order chi connectivity index (χ1) is 11.5. The van der Waals surface area contributed by atoms with Crippen LogP contribution in [-0.4, -0.2) is 37.3 Å². The Morgan fingerprint density at radius 1 is 1.33 bits per heavy atom. The average molecular weight is 332 g/mol. The monoisotopic (exact) mass is 332 g/mol. The largest absolute Gasteiger partial charge is 0.334 e. The number of aromatic nitrogens is 4. The maximum absolute atomic E-state index is 12.6. The standard InChI is InChI=1S/C17H28N6O/c1-6-14(7-2)23-16(13(4)11-19-23)20-17(24)21(5)12-15-18-9-10-22(15)8-3/h9-11,14H,6-8,12H2,1-5H3,(H,20,24). The van der Waals surface area contributed by atoms with Gasteiger partial charge in [0.25, 0.3) is 0 Å². The van der Waals surface area contributed by atoms with Gasteiger partial charge in [0.05, 0.1) is 18.8 Å². The van der Waals surface area contributed by atoms with Gasteiger partial charge < -0.3 is 9.47 Å². The number of carbonyl (C=O) groups excluding carboxylic acids is 1. The van der Waals surface area contributed by atoms with Crippen LogP contribution in [0, 0.1) is 6.92 Å². The van der Waals surface area contributed by atoms with E-state index >= 15 is 0 Å². The Labute approximate surface area is 143 Å². The van der Waals surface area contributed by atoms with Gasteiger partial charge in [-0.05, 0) is 26.7 Å². The van der Waals surface area contributed by atoms with Crippen LogP contribution in [0.15, 0.2) is 18.6 Å². The molecule has 1 N–H and O–H groups in total. The highest BCUT2D eigenvalue weighted by Gasteiger charge is 2.19. The van der Waals surface area contributed by atoms with E-state index in [4.69, 9.17) is 0 Å². The number of imidazole rings is 1. The number of nitrogens with one attached hydrogen (secondary N) is 1. The van der Waals surface area contributed by atoms with Crippen molar-refractivity contribution >= 4 is 11.8 Å². The van der Waals surface area contributed by atoms with Crippen LogP contribution in [0.2, 0.25) is 0 Å². The lowest BCUT2D eigenvalue weighted by molar-refractivity contribution is 0.218. The maximum atomic E-state index is 12.6. The molecule has 7 nitrogen and oxygen atoms in total. The van der Waals surface area contributed by atoms with E-state index in [1.165, 1.54) is 0 Å². The number of amides is 2. The molecule has 0 aliphatic carbocycles. The van der Waals surface area contributed by atoms with Gasteiger partial charge in [-0.25, -0.2) is 14.5 Å². The first-order valence-corrected chi connectivity index (χ1v) is 8.57. The summed E-state index contributed by atoms with van der Waals surface area (Å²) in [5.41, 5.74) is 0.971. The van der Waals surface area contributed by atoms with E-state index in [0.29, 0.717) is 12.6 Å². The van der Waals surface area contributed by atoms with Crippen molar-refractivity contribution in [3.05, 3.63) is 30.0 Å². The summed E-state index contributed by atoms with van der Waals surface area (Å²) in [6.07, 6.45) is 7.44. The van der Waals surface area contributed by atoms with Gasteiger partial charge >= 0.3 is 6.03 Å². The van der Waals surface area contributed by atoms with Crippen molar-refractivity contribution in [3.8, 4) is 0 Å². The smallest absolute Gasteiger partial charge is 0.323 e. The van der Waals surface area contributed by atoms with Gasteiger partial charge in [-0.3, -0.25) is 5.32 Å². The molecule has 0 saturated carbocycles. The van der Waals surface area contributed by atoms with E-state index < -0.39 is 0 Å². The van der Waals surface area contributed by atoms with Crippen LogP contribution in [0.1, 0.15) is 51.0 Å². The molecule has 0 radical (unpaired) electrons. The van der Waals surface area contributed by atoms with E-state index in [1.54, 1.807) is 24.3 Å². The lowest BCUT2D eigenvalue weighted by atomic mass is 10.2. The Balaban J connectivity index is 2.10. The highest BCUT2D eigenvalue weighted by Crippen LogP contribution is 2.23. The molecule has 2 rings (SSSR count). The fourth-order valence-corrected chi connectivity index (χ4v) is 2.78. The Kier molecular flexibility index (Phi) is 6.00. The lowest BCUT2D eigenvalue weighted by Gasteiger charge is -2.21. The number of nitrogens with zero attached hydrogens (tertiary/aromatic N) is 5. The number of carbonyl (C=O) groups is 1. The molecule has 132 valence electrons. The summed E-state index contributed by atoms with van der Waals surface area (Å²) in [5.74, 6) is 1.65. The molecule has 0 spiro atoms. The third-order valence-corrected chi connectivity index (χ3v) is 4.36. The predicted octanol–water partition coefficient (Wildman–Crippen LogP) is 3.43. The summed E-state index contributed by atoms with van der Waals surface area (Å²) in [5, 5.41) is 7.45. The van der Waals surface area contributed by atoms with Crippen molar-refractivity contribution in [2.45, 2.75) is 59.7 Å². The molecule has 0 aliphatic rings. The molecular formula is C17H28N6O. The topological polar surface area (TPSA) is 68.0 Å². The van der Waals surface area contributed by atoms with Gasteiger partial charge in [0.2, 0.25) is 0 Å². The van der Waals surface area contributed by atoms with Gasteiger partial charge in [0, 0.05) is 31.5 Å². The summed E-state index contributed by atoms with van der Waals surface area (Å²) < 4.78 is 3.96. The summed E-state index contributed by atoms with van der Waals surface area (Å²) in [6.45, 7) is 9.59. The zero-order chi connectivity index (χ0) is 17.7. The van der Waals surface area contributed by atoms with Gasteiger partial charge in [-0.15, -0.1) is 0 Å². The van der Waals surface area contributed by atoms with Crippen LogP contribution >= 0.6 is 0 Å². The molecule has 24 heavy (non-hydrogen) atoms. The number of hydrogen-bond donors (Lipinski definition) is 1. The first kappa shape index (κ1) is 18.0. The third-order valence-electron chi connectivity index (χ3n) is 4.36. The van der Waals surface area contributed by atoms with Gasteiger partial charge in [-0.2, -0.15) is 5.10 Å². The molecular weight excluding hydrogens is 304 g/mol. The van der Waals surface area contributed by atoms with Crippen molar-refractivity contribution in [2.24, 2.45) is 0 Å². The highest BCUT2D eigenvalue weighted by atomic mass is 16.2. The Bertz CT molecular complexity index is 670. The Morgan fingerprint density at radius 3 is 2.67 bits per heavy atom. The number of anilines is 1. The van der Waals surface area contributed by atoms with Gasteiger partial charge in [0.15, 0.2) is 0 Å². The summed E-state index contributed by atoms with van der Waals surface area (Å²) in [7, 11) is 1.77. The van der Waals surface area contributed by atoms with E-state index in [9.17, 15) is 4.79 Å². The van der Waals surface area contributed by atoms with E-state index in [0.717, 1.165) is 36.6 Å². The van der Waals surface area contributed by atoms with Crippen LogP contribution in [-0.2, 0) is 13.1 Å². The van der Waals surface area contributed by atoms with Crippen molar-refractivity contribution < 1.29 is 4.79 Å². The van der Waals surface area contributed by atoms with Crippen molar-refractivity contribution in [1.82, 2.24) is 24.2 Å². The van der Waals surface area contributed by atoms with Crippen LogP contribution in [0.5, 0.6) is 0 Å². The molecule has 0 aromatic carbocycles. The van der Waals surface area contributed by atoms with Crippen LogP contribution in [0.25, 0.3) is 0 Å². The quantitative estimate of drug-likeness (QED) is 0.844. The molecule has 2 amide bonds. The summed E-state index contributed by atoms with van der Waals surface area (Å²) >= 11 is 0. The summed E-state index contributed by atoms with van der Waals surface area (Å²) in [4.78, 5) is 18.5. The normalized spacial score (nSPS) is 11.1. The fourth-order valence-electron chi connectivity index (χ4n) is 2.78. The highest BCUT2D eigenvalue weighted by molar-refractivity contribution is 5.88. The third kappa shape index (κ3) is 3.77. The lowest BCUT2D eigenvalue weighted by Crippen LogP contribution is -2.33. The molecule has 0 atom stereocenters. The minimum atomic E-state index is -0.156. The predicted molar refractivity (Wildman–Crippen MR) is 95.0 cm³/mol. The SMILES string of the molecule is CCC(CC)n1ncc(C)c1NC(=O)N(C)Cc1nccn1CC. The van der Waals surface area contributed by atoms with E-state index in [2.05, 4.69) is 36.2 Å². The van der Waals surface area contributed by atoms with Crippen LogP contribution in [0.3, 0.4) is 0 Å². The zero-order valence-electron chi connectivity index (χ0n) is 15.3. The maximum Gasteiger partial charge on any atom is 0.323 e. The number of hydrogen-bond acceptors (Lipinski definition) is 3. The second-order valence-electron chi connectivity index (χ2n) is 6.01. The van der Waals surface area contributed by atoms with Gasteiger partial charge in [-0.1, -0.05) is 13.8 Å². The zero-order valence-corrected chi connectivity index (χ0v) is 15.3. The molecule has 0 saturated heterocycles. The van der Waals surface area contributed by atoms with Crippen molar-refractivity contribution in [3.63, 3.8) is 0 Å². The molecule has 0 fully saturated rings.